The highest BCUT2D eigenvalue weighted by Crippen LogP contribution is 2.45. The third-order valence-corrected chi connectivity index (χ3v) is 18.4. The molecule has 0 aromatic heterocycles. The molecule has 0 aliphatic heterocycles. The van der Waals surface area contributed by atoms with Crippen molar-refractivity contribution >= 4 is 39.5 Å². The van der Waals surface area contributed by atoms with Gasteiger partial charge in [0.25, 0.3) is 0 Å². The van der Waals surface area contributed by atoms with Crippen LogP contribution in [-0.2, 0) is 65.4 Å². The third-order valence-electron chi connectivity index (χ3n) is 16.5. The first-order valence-corrected chi connectivity index (χ1v) is 44.7. The largest absolute Gasteiger partial charge is 0.472 e. The normalized spacial score (nSPS) is 14.8. The Morgan fingerprint density at radius 2 is 0.482 bits per heavy atom. The number of carbonyl (C=O) groups excluding carboxylic acids is 4. The van der Waals surface area contributed by atoms with Crippen LogP contribution in [0.25, 0.3) is 0 Å². The molecule has 0 aromatic carbocycles. The molecular formula is C91H146O17P2. The summed E-state index contributed by atoms with van der Waals surface area (Å²) in [6.45, 7) is 4.36. The van der Waals surface area contributed by atoms with Crippen molar-refractivity contribution in [2.75, 3.05) is 39.6 Å². The van der Waals surface area contributed by atoms with Crippen LogP contribution in [0, 0.1) is 0 Å². The molecule has 110 heavy (non-hydrogen) atoms. The van der Waals surface area contributed by atoms with Crippen molar-refractivity contribution in [3.8, 4) is 0 Å². The minimum absolute atomic E-state index is 0.000422. The maximum Gasteiger partial charge on any atom is 0.472 e. The van der Waals surface area contributed by atoms with E-state index in [0.29, 0.717) is 32.1 Å². The lowest BCUT2D eigenvalue weighted by Crippen LogP contribution is -2.30. The van der Waals surface area contributed by atoms with Gasteiger partial charge in [-0.1, -0.05) is 286 Å². The van der Waals surface area contributed by atoms with E-state index in [1.165, 1.54) is 19.3 Å². The van der Waals surface area contributed by atoms with Crippen LogP contribution >= 0.6 is 15.6 Å². The maximum absolute atomic E-state index is 13.1. The average molecular weight is 1570 g/mol. The lowest BCUT2D eigenvalue weighted by Gasteiger charge is -2.21. The van der Waals surface area contributed by atoms with Gasteiger partial charge in [0.05, 0.1) is 26.4 Å². The number of phosphoric ester groups is 2. The second-order valence-electron chi connectivity index (χ2n) is 26.9. The van der Waals surface area contributed by atoms with Crippen LogP contribution in [0.2, 0.25) is 0 Å². The summed E-state index contributed by atoms with van der Waals surface area (Å²) in [6.07, 6.45) is 99.8. The number of allylic oxidation sites excluding steroid dienone is 32. The third kappa shape index (κ3) is 80.0. The number of esters is 4. The van der Waals surface area contributed by atoms with Crippen LogP contribution in [0.5, 0.6) is 0 Å². The van der Waals surface area contributed by atoms with Crippen molar-refractivity contribution in [3.63, 3.8) is 0 Å². The number of unbranched alkanes of at least 4 members (excludes halogenated alkanes) is 18. The molecule has 0 aliphatic carbocycles. The predicted octanol–water partition coefficient (Wildman–Crippen LogP) is 24.9. The van der Waals surface area contributed by atoms with Gasteiger partial charge in [-0.15, -0.1) is 0 Å². The van der Waals surface area contributed by atoms with Crippen LogP contribution in [0.3, 0.4) is 0 Å². The van der Waals surface area contributed by atoms with Gasteiger partial charge in [-0.2, -0.15) is 0 Å². The van der Waals surface area contributed by atoms with Gasteiger partial charge in [0.1, 0.15) is 19.3 Å². The van der Waals surface area contributed by atoms with E-state index in [4.69, 9.17) is 37.0 Å². The molecule has 0 rings (SSSR count). The number of phosphoric acid groups is 2. The molecule has 0 saturated carbocycles. The van der Waals surface area contributed by atoms with Crippen molar-refractivity contribution in [3.05, 3.63) is 194 Å². The SMILES string of the molecule is CC/C=C\C/C=C\C/C=C\C/C=C\C/C=C\CCCCCC(=O)OCC(COP(=O)(O)OCC(O)COP(=O)(O)OCC(COC(=O)CCCCCCCC/C=C\C/C=C\C/C=C\CCCCC)OC(=O)CCCCCCC/C=C\C/C=C\C/C=C\CC)OC(=O)CCC/C=C\C/C=C\C/C=C\C/C=C\C/C=C\CC. The minimum Gasteiger partial charge on any atom is -0.462 e. The van der Waals surface area contributed by atoms with Gasteiger partial charge >= 0.3 is 39.5 Å². The summed E-state index contributed by atoms with van der Waals surface area (Å²) in [6, 6.07) is 0. The molecule has 0 spiro atoms. The molecule has 0 fully saturated rings. The maximum atomic E-state index is 13.1. The minimum atomic E-state index is -5.02. The molecule has 0 aromatic rings. The number of hydrogen-bond donors (Lipinski definition) is 3. The van der Waals surface area contributed by atoms with E-state index in [0.717, 1.165) is 193 Å². The van der Waals surface area contributed by atoms with Crippen LogP contribution in [0.4, 0.5) is 0 Å². The van der Waals surface area contributed by atoms with Crippen molar-refractivity contribution < 1.29 is 80.2 Å². The summed E-state index contributed by atoms with van der Waals surface area (Å²) in [5, 5.41) is 10.7. The fourth-order valence-corrected chi connectivity index (χ4v) is 11.9. The van der Waals surface area contributed by atoms with Crippen LogP contribution in [0.15, 0.2) is 194 Å². The Morgan fingerprint density at radius 1 is 0.264 bits per heavy atom. The first-order valence-electron chi connectivity index (χ1n) is 41.7. The Labute approximate surface area is 666 Å². The van der Waals surface area contributed by atoms with E-state index >= 15 is 0 Å². The van der Waals surface area contributed by atoms with Crippen molar-refractivity contribution in [2.45, 2.75) is 316 Å². The zero-order chi connectivity index (χ0) is 80.3. The van der Waals surface area contributed by atoms with E-state index in [9.17, 15) is 43.2 Å². The van der Waals surface area contributed by atoms with Crippen LogP contribution in [-0.4, -0.2) is 96.7 Å². The van der Waals surface area contributed by atoms with E-state index in [2.05, 4.69) is 210 Å². The summed E-state index contributed by atoms with van der Waals surface area (Å²) < 4.78 is 68.6. The molecule has 19 heteroatoms. The highest BCUT2D eigenvalue weighted by molar-refractivity contribution is 7.47. The Hall–Kier alpha value is -6.10. The second-order valence-corrected chi connectivity index (χ2v) is 29.8. The summed E-state index contributed by atoms with van der Waals surface area (Å²) in [5.74, 6) is -2.33. The van der Waals surface area contributed by atoms with Gasteiger partial charge < -0.3 is 33.8 Å². The van der Waals surface area contributed by atoms with Gasteiger partial charge in [-0.25, -0.2) is 9.13 Å². The van der Waals surface area contributed by atoms with Crippen LogP contribution < -0.4 is 0 Å². The number of hydrogen-bond acceptors (Lipinski definition) is 15. The lowest BCUT2D eigenvalue weighted by molar-refractivity contribution is -0.161. The molecular weight excluding hydrogens is 1430 g/mol. The summed E-state index contributed by atoms with van der Waals surface area (Å²) >= 11 is 0. The average Bonchev–Trinajstić information content (AvgIpc) is 0.906. The van der Waals surface area contributed by atoms with Crippen molar-refractivity contribution in [1.29, 1.82) is 0 Å². The fourth-order valence-electron chi connectivity index (χ4n) is 10.3. The quantitative estimate of drug-likeness (QED) is 0.0169. The summed E-state index contributed by atoms with van der Waals surface area (Å²) in [4.78, 5) is 73.2. The highest BCUT2D eigenvalue weighted by Gasteiger charge is 2.30. The fraction of sp³-hybridized carbons (Fsp3) is 0.604. The molecule has 0 radical (unpaired) electrons. The molecule has 3 N–H and O–H groups in total. The van der Waals surface area contributed by atoms with E-state index in [-0.39, 0.29) is 25.7 Å². The van der Waals surface area contributed by atoms with E-state index in [1.807, 2.05) is 12.2 Å². The predicted molar refractivity (Wildman–Crippen MR) is 454 cm³/mol. The topological polar surface area (TPSA) is 237 Å². The molecule has 0 saturated heterocycles. The zero-order valence-electron chi connectivity index (χ0n) is 68.1. The molecule has 0 bridgehead atoms. The Morgan fingerprint density at radius 3 is 0.773 bits per heavy atom. The summed E-state index contributed by atoms with van der Waals surface area (Å²) in [5.41, 5.74) is 0. The summed E-state index contributed by atoms with van der Waals surface area (Å²) in [7, 11) is -10.0. The van der Waals surface area contributed by atoms with Gasteiger partial charge in [0.2, 0.25) is 0 Å². The number of aliphatic hydroxyl groups is 1. The number of aliphatic hydroxyl groups excluding tert-OH is 1. The van der Waals surface area contributed by atoms with Gasteiger partial charge in [-0.05, 0) is 180 Å². The number of rotatable bonds is 76. The molecule has 17 nitrogen and oxygen atoms in total. The Bertz CT molecular complexity index is 2850. The first-order chi connectivity index (χ1) is 53.7. The second kappa shape index (κ2) is 80.9. The molecule has 622 valence electrons. The smallest absolute Gasteiger partial charge is 0.462 e. The molecule has 0 heterocycles. The lowest BCUT2D eigenvalue weighted by atomic mass is 10.1. The van der Waals surface area contributed by atoms with Gasteiger partial charge in [0, 0.05) is 25.7 Å². The molecule has 0 amide bonds. The van der Waals surface area contributed by atoms with Gasteiger partial charge in [-0.3, -0.25) is 37.3 Å². The van der Waals surface area contributed by atoms with Crippen LogP contribution in [0.1, 0.15) is 297 Å². The molecule has 5 unspecified atom stereocenters. The highest BCUT2D eigenvalue weighted by atomic mass is 31.2. The first kappa shape index (κ1) is 104. The monoisotopic (exact) mass is 1570 g/mol. The van der Waals surface area contributed by atoms with Gasteiger partial charge in [0.15, 0.2) is 12.2 Å². The standard InChI is InChI=1S/C91H146O17P2/c1-5-9-13-17-21-25-29-33-37-40-42-45-48-51-55-59-63-67-71-75-88(93)101-81-86(107-90(95)77-73-69-65-61-57-53-47-36-32-28-24-20-16-12-8-4)83-105-109(97,98)103-79-85(92)80-104-110(99,100)106-84-87(108-91(96)78-74-70-66-62-58-54-50-44-39-35-31-27-23-19-15-11-7-3)82-102-89(94)76-72-68-64-60-56-52-49-46-43-41-38-34-30-26-22-18-14-10-6-2/h10-12,14-16,21-28,33-39,42-43,45-47,50,52,54,56,62,66,85-87,92H,5-9,13,17-20,29-32,40-41,44,48-49,51,53,55,57-61,63-65,67-84H2,1-4H3,(H,97,98)(H,99,100)/b14-10-,15-11-,16-12-,25-21-,26-22-,27-23-,28-24-,37-33-,38-34-,39-35-,45-42-,46-43-,47-36-,54-50-,56-52-,66-62-. The Kier molecular flexibility index (Phi) is 76.4. The van der Waals surface area contributed by atoms with E-state index < -0.39 is 97.5 Å². The molecule has 5 atom stereocenters. The molecule has 0 aliphatic rings. The number of ether oxygens (including phenoxy) is 4. The van der Waals surface area contributed by atoms with E-state index in [1.54, 1.807) is 0 Å². The number of carbonyl (C=O) groups is 4. The van der Waals surface area contributed by atoms with Crippen molar-refractivity contribution in [2.24, 2.45) is 0 Å². The van der Waals surface area contributed by atoms with Crippen molar-refractivity contribution in [1.82, 2.24) is 0 Å². The zero-order valence-corrected chi connectivity index (χ0v) is 69.9. The Balaban J connectivity index is 5.50.